The topological polar surface area (TPSA) is 42.3 Å². The van der Waals surface area contributed by atoms with E-state index in [4.69, 9.17) is 14.9 Å². The average molecular weight is 151 g/mol. The minimum Gasteiger partial charge on any atom is -0.493 e. The smallest absolute Gasteiger partial charge is 0.174 e. The zero-order valence-corrected chi connectivity index (χ0v) is 6.20. The Morgan fingerprint density at radius 3 is 2.45 bits per heavy atom. The van der Waals surface area contributed by atoms with Crippen LogP contribution in [0.5, 0.6) is 11.5 Å². The molecule has 11 heavy (non-hydrogen) atoms. The fourth-order valence-electron chi connectivity index (χ4n) is 0.780. The van der Waals surface area contributed by atoms with Gasteiger partial charge in [-0.05, 0) is 12.1 Å². The highest BCUT2D eigenvalue weighted by Gasteiger charge is 1.98. The molecular weight excluding hydrogens is 142 g/mol. The van der Waals surface area contributed by atoms with Crippen LogP contribution in [0.4, 0.5) is 0 Å². The van der Waals surface area contributed by atoms with Crippen molar-refractivity contribution in [1.82, 2.24) is 0 Å². The Balaban J connectivity index is 2.92. The summed E-state index contributed by atoms with van der Waals surface area (Å²) in [6.07, 6.45) is 0.873. The number of methoxy groups -OCH3 is 1. The number of hydrogen-bond donors (Lipinski definition) is 1. The van der Waals surface area contributed by atoms with Gasteiger partial charge in [-0.25, -0.2) is 0 Å². The summed E-state index contributed by atoms with van der Waals surface area (Å²) in [5, 5.41) is 6.71. The first-order valence-electron chi connectivity index (χ1n) is 3.17. The van der Waals surface area contributed by atoms with Crippen LogP contribution in [0.25, 0.3) is 0 Å². The van der Waals surface area contributed by atoms with Gasteiger partial charge in [-0.2, -0.15) is 0 Å². The van der Waals surface area contributed by atoms with Crippen LogP contribution in [0.3, 0.4) is 0 Å². The number of hydrogen-bond acceptors (Lipinski definition) is 3. The molecule has 0 saturated heterocycles. The Kier molecular flexibility index (Phi) is 2.49. The van der Waals surface area contributed by atoms with Crippen LogP contribution in [0, 0.1) is 5.41 Å². The number of rotatable bonds is 3. The zero-order chi connectivity index (χ0) is 8.10. The molecule has 0 fully saturated rings. The van der Waals surface area contributed by atoms with Crippen LogP contribution >= 0.6 is 0 Å². The van der Waals surface area contributed by atoms with E-state index in [1.165, 1.54) is 0 Å². The first-order chi connectivity index (χ1) is 5.38. The first-order valence-corrected chi connectivity index (χ1v) is 3.17. The Morgan fingerprint density at radius 2 is 1.91 bits per heavy atom. The molecule has 1 aromatic carbocycles. The summed E-state index contributed by atoms with van der Waals surface area (Å²) in [6.45, 7) is 0. The summed E-state index contributed by atoms with van der Waals surface area (Å²) >= 11 is 0. The molecule has 0 spiro atoms. The largest absolute Gasteiger partial charge is 0.493 e. The highest BCUT2D eigenvalue weighted by Crippen LogP contribution is 2.24. The lowest BCUT2D eigenvalue weighted by molar-refractivity contribution is 0.393. The second kappa shape index (κ2) is 3.61. The fraction of sp³-hybridized carbons (Fsp3) is 0.125. The van der Waals surface area contributed by atoms with Gasteiger partial charge in [0.25, 0.3) is 0 Å². The van der Waals surface area contributed by atoms with E-state index in [2.05, 4.69) is 0 Å². The third-order valence-corrected chi connectivity index (χ3v) is 1.25. The highest BCUT2D eigenvalue weighted by atomic mass is 16.5. The molecule has 0 aromatic heterocycles. The highest BCUT2D eigenvalue weighted by molar-refractivity contribution is 5.52. The van der Waals surface area contributed by atoms with E-state index in [0.717, 1.165) is 6.40 Å². The summed E-state index contributed by atoms with van der Waals surface area (Å²) in [5.41, 5.74) is 0. The monoisotopic (exact) mass is 151 g/mol. The Morgan fingerprint density at radius 1 is 1.27 bits per heavy atom. The van der Waals surface area contributed by atoms with E-state index >= 15 is 0 Å². The van der Waals surface area contributed by atoms with Crippen LogP contribution in [-0.2, 0) is 0 Å². The number of ether oxygens (including phenoxy) is 2. The molecule has 0 heterocycles. The lowest BCUT2D eigenvalue weighted by atomic mass is 10.3. The summed E-state index contributed by atoms with van der Waals surface area (Å²) < 4.78 is 9.81. The van der Waals surface area contributed by atoms with Crippen LogP contribution in [0.1, 0.15) is 0 Å². The Labute approximate surface area is 65.1 Å². The maximum atomic E-state index is 6.71. The van der Waals surface area contributed by atoms with Crippen molar-refractivity contribution in [2.75, 3.05) is 7.11 Å². The van der Waals surface area contributed by atoms with Crippen molar-refractivity contribution in [3.05, 3.63) is 24.3 Å². The van der Waals surface area contributed by atoms with Crippen molar-refractivity contribution in [2.24, 2.45) is 0 Å². The van der Waals surface area contributed by atoms with Gasteiger partial charge >= 0.3 is 0 Å². The van der Waals surface area contributed by atoms with Crippen molar-refractivity contribution in [3.8, 4) is 11.5 Å². The average Bonchev–Trinajstić information content (AvgIpc) is 2.06. The molecule has 0 unspecified atom stereocenters. The molecule has 0 atom stereocenters. The molecule has 0 aliphatic rings. The normalized spacial score (nSPS) is 8.82. The van der Waals surface area contributed by atoms with Gasteiger partial charge in [-0.3, -0.25) is 5.41 Å². The first kappa shape index (κ1) is 7.60. The maximum Gasteiger partial charge on any atom is 0.174 e. The predicted octanol–water partition coefficient (Wildman–Crippen LogP) is 1.68. The standard InChI is InChI=1S/C8H9NO2/c1-10-7-4-2-3-5-8(7)11-6-9/h2-6,9H,1H3. The molecule has 1 N–H and O–H groups in total. The molecule has 3 heteroatoms. The molecule has 1 aromatic rings. The van der Waals surface area contributed by atoms with Crippen molar-refractivity contribution in [2.45, 2.75) is 0 Å². The SMILES string of the molecule is COc1ccccc1OC=N. The van der Waals surface area contributed by atoms with Crippen LogP contribution in [0.15, 0.2) is 24.3 Å². The Hall–Kier alpha value is -1.51. The van der Waals surface area contributed by atoms with Gasteiger partial charge in [0.15, 0.2) is 17.9 Å². The van der Waals surface area contributed by atoms with E-state index in [0.29, 0.717) is 11.5 Å². The van der Waals surface area contributed by atoms with Gasteiger partial charge < -0.3 is 9.47 Å². The molecule has 0 amide bonds. The van der Waals surface area contributed by atoms with E-state index in [9.17, 15) is 0 Å². The van der Waals surface area contributed by atoms with Gasteiger partial charge in [-0.1, -0.05) is 12.1 Å². The minimum atomic E-state index is 0.560. The second-order valence-corrected chi connectivity index (χ2v) is 1.89. The van der Waals surface area contributed by atoms with Gasteiger partial charge in [0, 0.05) is 0 Å². The Bertz CT molecular complexity index is 248. The van der Waals surface area contributed by atoms with E-state index in [-0.39, 0.29) is 0 Å². The van der Waals surface area contributed by atoms with Gasteiger partial charge in [-0.15, -0.1) is 0 Å². The molecule has 58 valence electrons. The number of para-hydroxylation sites is 2. The number of nitrogens with one attached hydrogen (secondary N) is 1. The van der Waals surface area contributed by atoms with Crippen LogP contribution in [-0.4, -0.2) is 13.5 Å². The van der Waals surface area contributed by atoms with Crippen molar-refractivity contribution >= 4 is 6.40 Å². The van der Waals surface area contributed by atoms with Crippen LogP contribution < -0.4 is 9.47 Å². The second-order valence-electron chi connectivity index (χ2n) is 1.89. The molecular formula is C8H9NO2. The summed E-state index contributed by atoms with van der Waals surface area (Å²) in [5.74, 6) is 1.20. The lowest BCUT2D eigenvalue weighted by Gasteiger charge is -2.04. The van der Waals surface area contributed by atoms with E-state index < -0.39 is 0 Å². The van der Waals surface area contributed by atoms with E-state index in [1.54, 1.807) is 19.2 Å². The quantitative estimate of drug-likeness (QED) is 0.527. The molecule has 3 nitrogen and oxygen atoms in total. The lowest BCUT2D eigenvalue weighted by Crippen LogP contribution is -1.91. The molecule has 0 bridgehead atoms. The van der Waals surface area contributed by atoms with Crippen molar-refractivity contribution in [3.63, 3.8) is 0 Å². The third-order valence-electron chi connectivity index (χ3n) is 1.25. The molecule has 0 aliphatic heterocycles. The summed E-state index contributed by atoms with van der Waals surface area (Å²) in [7, 11) is 1.56. The zero-order valence-electron chi connectivity index (χ0n) is 6.20. The van der Waals surface area contributed by atoms with E-state index in [1.807, 2.05) is 12.1 Å². The molecule has 0 saturated carbocycles. The third kappa shape index (κ3) is 1.70. The van der Waals surface area contributed by atoms with Crippen molar-refractivity contribution in [1.29, 1.82) is 5.41 Å². The fourth-order valence-corrected chi connectivity index (χ4v) is 0.780. The predicted molar refractivity (Wildman–Crippen MR) is 42.4 cm³/mol. The van der Waals surface area contributed by atoms with Crippen LogP contribution in [0.2, 0.25) is 0 Å². The van der Waals surface area contributed by atoms with Gasteiger partial charge in [0.1, 0.15) is 0 Å². The maximum absolute atomic E-state index is 6.71. The summed E-state index contributed by atoms with van der Waals surface area (Å²) in [6, 6.07) is 7.18. The minimum absolute atomic E-state index is 0.560. The molecule has 1 rings (SSSR count). The van der Waals surface area contributed by atoms with Gasteiger partial charge in [0.2, 0.25) is 0 Å². The number of benzene rings is 1. The molecule has 0 radical (unpaired) electrons. The van der Waals surface area contributed by atoms with Crippen molar-refractivity contribution < 1.29 is 9.47 Å². The van der Waals surface area contributed by atoms with Gasteiger partial charge in [0.05, 0.1) is 7.11 Å². The summed E-state index contributed by atoms with van der Waals surface area (Å²) in [4.78, 5) is 0. The molecule has 0 aliphatic carbocycles.